The topological polar surface area (TPSA) is 49.9 Å². The molecule has 0 unspecified atom stereocenters. The van der Waals surface area contributed by atoms with Crippen LogP contribution in [0.5, 0.6) is 0 Å². The summed E-state index contributed by atoms with van der Waals surface area (Å²) in [4.78, 5) is 0. The van der Waals surface area contributed by atoms with Gasteiger partial charge in [-0.3, -0.25) is 5.41 Å². The van der Waals surface area contributed by atoms with Crippen LogP contribution in [0.3, 0.4) is 0 Å². The molecule has 0 spiro atoms. The Labute approximate surface area is 81.8 Å². The number of benzene rings is 1. The SMILES string of the molecule is CC(=N)N.Clc1ccccc1Cl. The number of amidine groups is 1. The first kappa shape index (κ1) is 11.3. The molecule has 3 N–H and O–H groups in total. The highest BCUT2D eigenvalue weighted by Crippen LogP contribution is 2.19. The summed E-state index contributed by atoms with van der Waals surface area (Å²) in [5.41, 5.74) is 4.69. The first-order chi connectivity index (χ1) is 5.54. The summed E-state index contributed by atoms with van der Waals surface area (Å²) < 4.78 is 0. The highest BCUT2D eigenvalue weighted by molar-refractivity contribution is 6.41. The van der Waals surface area contributed by atoms with Gasteiger partial charge in [-0.1, -0.05) is 35.3 Å². The van der Waals surface area contributed by atoms with Crippen LogP contribution >= 0.6 is 23.2 Å². The maximum absolute atomic E-state index is 6.28. The van der Waals surface area contributed by atoms with Crippen molar-refractivity contribution in [2.75, 3.05) is 0 Å². The van der Waals surface area contributed by atoms with Crippen molar-refractivity contribution in [1.29, 1.82) is 5.41 Å². The smallest absolute Gasteiger partial charge is 0.0873 e. The maximum atomic E-state index is 6.28. The highest BCUT2D eigenvalue weighted by atomic mass is 35.5. The van der Waals surface area contributed by atoms with E-state index in [4.69, 9.17) is 34.3 Å². The average Bonchev–Trinajstić information content (AvgIpc) is 1.94. The Morgan fingerprint density at radius 1 is 1.25 bits per heavy atom. The third-order valence-electron chi connectivity index (χ3n) is 0.824. The lowest BCUT2D eigenvalue weighted by atomic mass is 10.4. The third-order valence-corrected chi connectivity index (χ3v) is 1.58. The fourth-order valence-corrected chi connectivity index (χ4v) is 0.711. The monoisotopic (exact) mass is 204 g/mol. The Morgan fingerprint density at radius 3 is 1.67 bits per heavy atom. The van der Waals surface area contributed by atoms with Crippen LogP contribution in [-0.2, 0) is 0 Å². The summed E-state index contributed by atoms with van der Waals surface area (Å²) >= 11 is 11.2. The minimum Gasteiger partial charge on any atom is -0.388 e. The van der Waals surface area contributed by atoms with Gasteiger partial charge in [0.2, 0.25) is 0 Å². The molecule has 0 saturated carbocycles. The third kappa shape index (κ3) is 6.01. The van der Waals surface area contributed by atoms with Crippen molar-refractivity contribution in [3.63, 3.8) is 0 Å². The molecule has 1 rings (SSSR count). The van der Waals surface area contributed by atoms with E-state index in [9.17, 15) is 0 Å². The second-order valence-corrected chi connectivity index (χ2v) is 2.91. The fourth-order valence-electron chi connectivity index (χ4n) is 0.439. The lowest BCUT2D eigenvalue weighted by Gasteiger charge is -1.88. The van der Waals surface area contributed by atoms with Gasteiger partial charge in [-0.25, -0.2) is 0 Å². The van der Waals surface area contributed by atoms with E-state index in [2.05, 4.69) is 0 Å². The van der Waals surface area contributed by atoms with E-state index in [1.807, 2.05) is 12.1 Å². The van der Waals surface area contributed by atoms with E-state index in [0.717, 1.165) is 0 Å². The minimum atomic E-state index is 0.167. The van der Waals surface area contributed by atoms with Crippen LogP contribution in [0.25, 0.3) is 0 Å². The summed E-state index contributed by atoms with van der Waals surface area (Å²) in [6.45, 7) is 1.53. The van der Waals surface area contributed by atoms with Gasteiger partial charge in [0.15, 0.2) is 0 Å². The van der Waals surface area contributed by atoms with Gasteiger partial charge in [0.05, 0.1) is 15.9 Å². The predicted octanol–water partition coefficient (Wildman–Crippen LogP) is 2.94. The van der Waals surface area contributed by atoms with Gasteiger partial charge in [0.1, 0.15) is 0 Å². The number of halogens is 2. The zero-order valence-electron chi connectivity index (χ0n) is 6.64. The molecule has 4 heteroatoms. The fraction of sp³-hybridized carbons (Fsp3) is 0.125. The summed E-state index contributed by atoms with van der Waals surface area (Å²) in [6.07, 6.45) is 0. The zero-order valence-corrected chi connectivity index (χ0v) is 8.15. The van der Waals surface area contributed by atoms with Gasteiger partial charge in [-0.2, -0.15) is 0 Å². The van der Waals surface area contributed by atoms with Crippen LogP contribution in [0.4, 0.5) is 0 Å². The first-order valence-corrected chi connectivity index (χ1v) is 4.00. The van der Waals surface area contributed by atoms with E-state index in [-0.39, 0.29) is 5.84 Å². The molecule has 0 aromatic heterocycles. The molecule has 0 aliphatic rings. The Hall–Kier alpha value is -0.730. The molecule has 0 fully saturated rings. The van der Waals surface area contributed by atoms with E-state index >= 15 is 0 Å². The molecule has 1 aromatic rings. The molecule has 0 aliphatic carbocycles. The van der Waals surface area contributed by atoms with Crippen LogP contribution < -0.4 is 5.73 Å². The van der Waals surface area contributed by atoms with Gasteiger partial charge in [0.25, 0.3) is 0 Å². The molecule has 0 heterocycles. The van der Waals surface area contributed by atoms with Crippen LogP contribution in [0.2, 0.25) is 10.0 Å². The molecule has 0 bridgehead atoms. The van der Waals surface area contributed by atoms with Crippen molar-refractivity contribution in [3.8, 4) is 0 Å². The van der Waals surface area contributed by atoms with Gasteiger partial charge >= 0.3 is 0 Å². The number of nitrogens with two attached hydrogens (primary N) is 1. The van der Waals surface area contributed by atoms with Gasteiger partial charge in [0, 0.05) is 0 Å². The number of hydrogen-bond donors (Lipinski definition) is 2. The Morgan fingerprint density at radius 2 is 1.50 bits per heavy atom. The minimum absolute atomic E-state index is 0.167. The first-order valence-electron chi connectivity index (χ1n) is 3.24. The lowest BCUT2D eigenvalue weighted by Crippen LogP contribution is -2.00. The second-order valence-electron chi connectivity index (χ2n) is 2.10. The maximum Gasteiger partial charge on any atom is 0.0873 e. The largest absolute Gasteiger partial charge is 0.388 e. The van der Waals surface area contributed by atoms with E-state index in [1.54, 1.807) is 12.1 Å². The van der Waals surface area contributed by atoms with E-state index in [1.165, 1.54) is 6.92 Å². The van der Waals surface area contributed by atoms with E-state index < -0.39 is 0 Å². The molecule has 0 atom stereocenters. The van der Waals surface area contributed by atoms with Gasteiger partial charge in [-0.05, 0) is 19.1 Å². The molecule has 0 aliphatic heterocycles. The van der Waals surface area contributed by atoms with Crippen molar-refractivity contribution < 1.29 is 0 Å². The van der Waals surface area contributed by atoms with Crippen molar-refractivity contribution in [2.24, 2.45) is 5.73 Å². The molecular formula is C8H10Cl2N2. The summed E-state index contributed by atoms with van der Waals surface area (Å²) in [7, 11) is 0. The normalized spacial score (nSPS) is 8.25. The highest BCUT2D eigenvalue weighted by Gasteiger charge is 1.89. The summed E-state index contributed by atoms with van der Waals surface area (Å²) in [5.74, 6) is 0.167. The summed E-state index contributed by atoms with van der Waals surface area (Å²) in [6, 6.07) is 7.19. The van der Waals surface area contributed by atoms with Crippen LogP contribution in [-0.4, -0.2) is 5.84 Å². The second kappa shape index (κ2) is 5.86. The molecule has 0 saturated heterocycles. The van der Waals surface area contributed by atoms with Crippen molar-refractivity contribution in [3.05, 3.63) is 34.3 Å². The number of hydrogen-bond acceptors (Lipinski definition) is 1. The van der Waals surface area contributed by atoms with Crippen LogP contribution in [0, 0.1) is 5.41 Å². The Bertz CT molecular complexity index is 236. The van der Waals surface area contributed by atoms with Crippen molar-refractivity contribution in [2.45, 2.75) is 6.92 Å². The van der Waals surface area contributed by atoms with Gasteiger partial charge < -0.3 is 5.73 Å². The van der Waals surface area contributed by atoms with Crippen molar-refractivity contribution >= 4 is 29.0 Å². The van der Waals surface area contributed by atoms with Crippen LogP contribution in [0.15, 0.2) is 24.3 Å². The molecule has 66 valence electrons. The zero-order chi connectivity index (χ0) is 9.56. The standard InChI is InChI=1S/C6H4Cl2.C2H6N2/c7-5-3-1-2-4-6(5)8;1-2(3)4/h1-4H;1H3,(H3,3,4). The number of rotatable bonds is 0. The molecule has 12 heavy (non-hydrogen) atoms. The molecule has 0 radical (unpaired) electrons. The average molecular weight is 205 g/mol. The lowest BCUT2D eigenvalue weighted by molar-refractivity contribution is 1.42. The Kier molecular flexibility index (Phi) is 5.51. The van der Waals surface area contributed by atoms with Crippen LogP contribution in [0.1, 0.15) is 6.92 Å². The van der Waals surface area contributed by atoms with E-state index in [0.29, 0.717) is 10.0 Å². The number of nitrogens with one attached hydrogen (secondary N) is 1. The van der Waals surface area contributed by atoms with Crippen molar-refractivity contribution in [1.82, 2.24) is 0 Å². The molecule has 1 aromatic carbocycles. The summed E-state index contributed by atoms with van der Waals surface area (Å²) in [5, 5.41) is 7.49. The quantitative estimate of drug-likeness (QED) is 0.496. The predicted molar refractivity (Wildman–Crippen MR) is 54.1 cm³/mol. The molecule has 2 nitrogen and oxygen atoms in total. The molecule has 0 amide bonds. The van der Waals surface area contributed by atoms with Gasteiger partial charge in [-0.15, -0.1) is 0 Å². The molecular weight excluding hydrogens is 195 g/mol. The Balaban J connectivity index is 0.000000261.